The maximum atomic E-state index is 10.8. The van der Waals surface area contributed by atoms with Crippen molar-refractivity contribution in [3.8, 4) is 5.75 Å². The van der Waals surface area contributed by atoms with Crippen LogP contribution in [0.2, 0.25) is 0 Å². The van der Waals surface area contributed by atoms with Gasteiger partial charge in [0.2, 0.25) is 0 Å². The molecule has 5 nitrogen and oxygen atoms in total. The fourth-order valence-corrected chi connectivity index (χ4v) is 2.36. The topological polar surface area (TPSA) is 64.4 Å². The Morgan fingerprint density at radius 2 is 2.10 bits per heavy atom. The smallest absolute Gasteiger partial charge is 0.270 e. The fourth-order valence-electron chi connectivity index (χ4n) is 1.81. The van der Waals surface area contributed by atoms with Gasteiger partial charge in [0.25, 0.3) is 5.69 Å². The van der Waals surface area contributed by atoms with Gasteiger partial charge in [-0.2, -0.15) is 0 Å². The van der Waals surface area contributed by atoms with Crippen LogP contribution in [0, 0.1) is 13.7 Å². The molecule has 0 aliphatic heterocycles. The predicted octanol–water partition coefficient (Wildman–Crippen LogP) is 3.82. The molecule has 0 heterocycles. The quantitative estimate of drug-likeness (QED) is 0.484. The molecule has 6 heteroatoms. The Labute approximate surface area is 130 Å². The van der Waals surface area contributed by atoms with Crippen molar-refractivity contribution in [1.82, 2.24) is 0 Å². The van der Waals surface area contributed by atoms with Crippen LogP contribution in [0.4, 0.5) is 11.4 Å². The summed E-state index contributed by atoms with van der Waals surface area (Å²) in [5, 5.41) is 14.1. The Balaban J connectivity index is 2.19. The largest absolute Gasteiger partial charge is 0.496 e. The van der Waals surface area contributed by atoms with Crippen molar-refractivity contribution in [2.75, 3.05) is 12.4 Å². The molecule has 0 saturated heterocycles. The highest BCUT2D eigenvalue weighted by atomic mass is 127. The first-order chi connectivity index (χ1) is 9.60. The van der Waals surface area contributed by atoms with Crippen molar-refractivity contribution in [2.24, 2.45) is 0 Å². The van der Waals surface area contributed by atoms with Gasteiger partial charge in [-0.05, 0) is 46.9 Å². The normalized spacial score (nSPS) is 10.1. The molecule has 0 radical (unpaired) electrons. The number of hydrogen-bond acceptors (Lipinski definition) is 4. The van der Waals surface area contributed by atoms with E-state index in [1.165, 1.54) is 12.1 Å². The van der Waals surface area contributed by atoms with E-state index in [0.717, 1.165) is 14.8 Å². The number of nitrogens with one attached hydrogen (secondary N) is 1. The summed E-state index contributed by atoms with van der Waals surface area (Å²) in [4.78, 5) is 10.4. The number of nitrogens with zero attached hydrogens (tertiary/aromatic N) is 1. The Bertz CT molecular complexity index is 632. The number of nitro groups is 1. The fraction of sp³-hybridized carbons (Fsp3) is 0.143. The molecule has 0 amide bonds. The number of ether oxygens (including phenoxy) is 1. The first-order valence-corrected chi connectivity index (χ1v) is 6.99. The molecule has 2 aromatic rings. The second-order valence-electron chi connectivity index (χ2n) is 4.12. The molecular weight excluding hydrogens is 371 g/mol. The van der Waals surface area contributed by atoms with Crippen molar-refractivity contribution in [2.45, 2.75) is 6.54 Å². The van der Waals surface area contributed by atoms with Crippen LogP contribution in [0.1, 0.15) is 5.56 Å². The SMILES string of the molecule is COc1ccc([N+](=O)[O-])cc1CNc1cccc(I)c1. The average Bonchev–Trinajstić information content (AvgIpc) is 2.44. The molecule has 0 aromatic heterocycles. The lowest BCUT2D eigenvalue weighted by Crippen LogP contribution is -2.03. The van der Waals surface area contributed by atoms with Crippen molar-refractivity contribution >= 4 is 34.0 Å². The summed E-state index contributed by atoms with van der Waals surface area (Å²) in [6.45, 7) is 0.463. The maximum Gasteiger partial charge on any atom is 0.270 e. The summed E-state index contributed by atoms with van der Waals surface area (Å²) in [6.07, 6.45) is 0. The van der Waals surface area contributed by atoms with E-state index >= 15 is 0 Å². The lowest BCUT2D eigenvalue weighted by Gasteiger charge is -2.10. The number of non-ortho nitro benzene ring substituents is 1. The molecule has 20 heavy (non-hydrogen) atoms. The molecule has 104 valence electrons. The molecule has 0 atom stereocenters. The van der Waals surface area contributed by atoms with Crippen LogP contribution in [-0.2, 0) is 6.54 Å². The van der Waals surface area contributed by atoms with Gasteiger partial charge in [-0.3, -0.25) is 10.1 Å². The number of nitro benzene ring substituents is 1. The van der Waals surface area contributed by atoms with Crippen molar-refractivity contribution in [3.05, 3.63) is 61.7 Å². The first kappa shape index (κ1) is 14.6. The molecular formula is C14H13IN2O3. The second-order valence-corrected chi connectivity index (χ2v) is 5.36. The van der Waals surface area contributed by atoms with Crippen molar-refractivity contribution in [3.63, 3.8) is 0 Å². The van der Waals surface area contributed by atoms with Gasteiger partial charge in [0, 0.05) is 33.5 Å². The van der Waals surface area contributed by atoms with Crippen LogP contribution in [0.5, 0.6) is 5.75 Å². The minimum Gasteiger partial charge on any atom is -0.496 e. The van der Waals surface area contributed by atoms with Gasteiger partial charge in [0.05, 0.1) is 12.0 Å². The van der Waals surface area contributed by atoms with Crippen molar-refractivity contribution in [1.29, 1.82) is 0 Å². The van der Waals surface area contributed by atoms with Gasteiger partial charge in [-0.15, -0.1) is 0 Å². The van der Waals surface area contributed by atoms with Crippen LogP contribution < -0.4 is 10.1 Å². The third-order valence-electron chi connectivity index (χ3n) is 2.78. The van der Waals surface area contributed by atoms with E-state index in [2.05, 4.69) is 27.9 Å². The molecule has 2 aromatic carbocycles. The summed E-state index contributed by atoms with van der Waals surface area (Å²) in [7, 11) is 1.55. The summed E-state index contributed by atoms with van der Waals surface area (Å²) in [6, 6.07) is 12.5. The Kier molecular flexibility index (Phi) is 4.78. The van der Waals surface area contributed by atoms with Crippen LogP contribution in [0.3, 0.4) is 0 Å². The van der Waals surface area contributed by atoms with Gasteiger partial charge in [-0.1, -0.05) is 6.07 Å². The van der Waals surface area contributed by atoms with Gasteiger partial charge >= 0.3 is 0 Å². The van der Waals surface area contributed by atoms with E-state index in [1.807, 2.05) is 24.3 Å². The summed E-state index contributed by atoms with van der Waals surface area (Å²) < 4.78 is 6.35. The van der Waals surface area contributed by atoms with Gasteiger partial charge in [0.15, 0.2) is 0 Å². The van der Waals surface area contributed by atoms with Crippen molar-refractivity contribution < 1.29 is 9.66 Å². The summed E-state index contributed by atoms with van der Waals surface area (Å²) in [5.74, 6) is 0.633. The molecule has 0 aliphatic rings. The van der Waals surface area contributed by atoms with Gasteiger partial charge < -0.3 is 10.1 Å². The molecule has 0 unspecified atom stereocenters. The average molecular weight is 384 g/mol. The zero-order valence-corrected chi connectivity index (χ0v) is 13.0. The monoisotopic (exact) mass is 384 g/mol. The van der Waals surface area contributed by atoms with E-state index in [-0.39, 0.29) is 5.69 Å². The van der Waals surface area contributed by atoms with Crippen LogP contribution >= 0.6 is 22.6 Å². The molecule has 0 fully saturated rings. The van der Waals surface area contributed by atoms with Crippen LogP contribution in [0.25, 0.3) is 0 Å². The molecule has 0 aliphatic carbocycles. The second kappa shape index (κ2) is 6.56. The Morgan fingerprint density at radius 1 is 1.30 bits per heavy atom. The van der Waals surface area contributed by atoms with E-state index in [4.69, 9.17) is 4.74 Å². The maximum absolute atomic E-state index is 10.8. The van der Waals surface area contributed by atoms with Crippen LogP contribution in [-0.4, -0.2) is 12.0 Å². The molecule has 2 rings (SSSR count). The number of hydrogen-bond donors (Lipinski definition) is 1. The highest BCUT2D eigenvalue weighted by molar-refractivity contribution is 14.1. The predicted molar refractivity (Wildman–Crippen MR) is 86.1 cm³/mol. The van der Waals surface area contributed by atoms with Crippen LogP contribution in [0.15, 0.2) is 42.5 Å². The zero-order chi connectivity index (χ0) is 14.5. The lowest BCUT2D eigenvalue weighted by atomic mass is 10.1. The van der Waals surface area contributed by atoms with E-state index in [9.17, 15) is 10.1 Å². The Hall–Kier alpha value is -1.83. The summed E-state index contributed by atoms with van der Waals surface area (Å²) >= 11 is 2.23. The number of anilines is 1. The minimum atomic E-state index is -0.408. The Morgan fingerprint density at radius 3 is 2.75 bits per heavy atom. The zero-order valence-electron chi connectivity index (χ0n) is 10.8. The third kappa shape index (κ3) is 3.60. The lowest BCUT2D eigenvalue weighted by molar-refractivity contribution is -0.384. The highest BCUT2D eigenvalue weighted by Gasteiger charge is 2.11. The van der Waals surface area contributed by atoms with E-state index in [0.29, 0.717) is 12.3 Å². The number of rotatable bonds is 5. The highest BCUT2D eigenvalue weighted by Crippen LogP contribution is 2.25. The van der Waals surface area contributed by atoms with E-state index < -0.39 is 4.92 Å². The standard InChI is InChI=1S/C14H13IN2O3/c1-20-14-6-5-13(17(18)19)7-10(14)9-16-12-4-2-3-11(15)8-12/h2-8,16H,9H2,1H3. The minimum absolute atomic E-state index is 0.0604. The number of benzene rings is 2. The number of methoxy groups -OCH3 is 1. The molecule has 0 saturated carbocycles. The number of halogens is 1. The molecule has 1 N–H and O–H groups in total. The third-order valence-corrected chi connectivity index (χ3v) is 3.45. The summed E-state index contributed by atoms with van der Waals surface area (Å²) in [5.41, 5.74) is 1.77. The van der Waals surface area contributed by atoms with Gasteiger partial charge in [0.1, 0.15) is 5.75 Å². The van der Waals surface area contributed by atoms with Gasteiger partial charge in [-0.25, -0.2) is 0 Å². The molecule has 0 spiro atoms. The first-order valence-electron chi connectivity index (χ1n) is 5.91. The molecule has 0 bridgehead atoms. The van der Waals surface area contributed by atoms with E-state index in [1.54, 1.807) is 13.2 Å².